The van der Waals surface area contributed by atoms with Crippen molar-refractivity contribution < 1.29 is 38.1 Å². The molecule has 240 valence electrons. The van der Waals surface area contributed by atoms with E-state index in [0.29, 0.717) is 6.61 Å². The highest BCUT2D eigenvalue weighted by atomic mass is 16.6. The number of amides is 2. The summed E-state index contributed by atoms with van der Waals surface area (Å²) in [7, 11) is 0. The molecule has 1 unspecified atom stereocenters. The molecule has 9 heteroatoms. The van der Waals surface area contributed by atoms with Crippen LogP contribution in [0.3, 0.4) is 0 Å². The molecule has 0 N–H and O–H groups in total. The fraction of sp³-hybridized carbons (Fsp3) is 0.237. The molecule has 0 radical (unpaired) electrons. The maximum Gasteiger partial charge on any atom is 0.327 e. The number of carbonyl (C=O) groups is 3. The second-order valence-corrected chi connectivity index (χ2v) is 11.3. The maximum absolute atomic E-state index is 13.4. The lowest BCUT2D eigenvalue weighted by Gasteiger charge is -2.43. The van der Waals surface area contributed by atoms with E-state index in [9.17, 15) is 14.4 Å². The van der Waals surface area contributed by atoms with Gasteiger partial charge >= 0.3 is 5.97 Å². The van der Waals surface area contributed by atoms with E-state index < -0.39 is 48.7 Å². The highest BCUT2D eigenvalue weighted by molar-refractivity contribution is 6.22. The Morgan fingerprint density at radius 2 is 1.13 bits per heavy atom. The standard InChI is InChI=1S/C38H35NO8/c1-26-34(47-33(40)21-39-37(41)30-19-11-12-20-31(30)38(39)42)36(45-24-29-17-9-4-10-18-29)35(44-23-28-15-7-3-8-16-28)32(46-26)25-43-22-27-13-5-2-6-14-27/h2-20,32,34-36H,1,21-25H2/t32-,34+,35?,36-/m1/s1. The van der Waals surface area contributed by atoms with Gasteiger partial charge in [0.1, 0.15) is 24.5 Å². The molecular formula is C38H35NO8. The molecule has 4 aromatic rings. The monoisotopic (exact) mass is 633 g/mol. The van der Waals surface area contributed by atoms with Gasteiger partial charge in [-0.05, 0) is 28.8 Å². The average molecular weight is 634 g/mol. The van der Waals surface area contributed by atoms with Crippen molar-refractivity contribution in [3.05, 3.63) is 155 Å². The first kappa shape index (κ1) is 31.9. The van der Waals surface area contributed by atoms with E-state index in [1.807, 2.05) is 91.0 Å². The fourth-order valence-corrected chi connectivity index (χ4v) is 5.63. The number of hydrogen-bond acceptors (Lipinski definition) is 8. The molecule has 0 saturated carbocycles. The first-order chi connectivity index (χ1) is 23.0. The van der Waals surface area contributed by atoms with Crippen LogP contribution in [0.5, 0.6) is 0 Å². The third kappa shape index (κ3) is 7.66. The number of benzene rings is 4. The lowest BCUT2D eigenvalue weighted by atomic mass is 9.97. The Morgan fingerprint density at radius 3 is 1.66 bits per heavy atom. The predicted octanol–water partition coefficient (Wildman–Crippen LogP) is 5.49. The predicted molar refractivity (Wildman–Crippen MR) is 172 cm³/mol. The second kappa shape index (κ2) is 15.0. The van der Waals surface area contributed by atoms with Crippen LogP contribution in [0, 0.1) is 0 Å². The fourth-order valence-electron chi connectivity index (χ4n) is 5.63. The van der Waals surface area contributed by atoms with Crippen molar-refractivity contribution in [2.24, 2.45) is 0 Å². The van der Waals surface area contributed by atoms with Crippen LogP contribution >= 0.6 is 0 Å². The van der Waals surface area contributed by atoms with E-state index in [0.717, 1.165) is 21.6 Å². The molecule has 0 spiro atoms. The summed E-state index contributed by atoms with van der Waals surface area (Å²) >= 11 is 0. The first-order valence-electron chi connectivity index (χ1n) is 15.4. The van der Waals surface area contributed by atoms with E-state index in [-0.39, 0.29) is 36.7 Å². The van der Waals surface area contributed by atoms with Crippen LogP contribution in [0.25, 0.3) is 0 Å². The van der Waals surface area contributed by atoms with Crippen LogP contribution in [0.1, 0.15) is 37.4 Å². The van der Waals surface area contributed by atoms with Gasteiger partial charge in [-0.25, -0.2) is 0 Å². The minimum Gasteiger partial charge on any atom is -0.486 e. The summed E-state index contributed by atoms with van der Waals surface area (Å²) in [5.41, 5.74) is 3.32. The van der Waals surface area contributed by atoms with E-state index in [4.69, 9.17) is 23.7 Å². The lowest BCUT2D eigenvalue weighted by Crippen LogP contribution is -2.57. The number of esters is 1. The highest BCUT2D eigenvalue weighted by Gasteiger charge is 2.48. The number of rotatable bonds is 13. The molecule has 9 nitrogen and oxygen atoms in total. The van der Waals surface area contributed by atoms with Crippen LogP contribution in [0.4, 0.5) is 0 Å². The molecule has 0 bridgehead atoms. The van der Waals surface area contributed by atoms with Crippen LogP contribution in [-0.4, -0.2) is 60.3 Å². The Labute approximate surface area is 273 Å². The molecule has 2 aliphatic rings. The van der Waals surface area contributed by atoms with Crippen molar-refractivity contribution >= 4 is 17.8 Å². The largest absolute Gasteiger partial charge is 0.486 e. The van der Waals surface area contributed by atoms with E-state index in [2.05, 4.69) is 6.58 Å². The zero-order valence-electron chi connectivity index (χ0n) is 25.7. The molecule has 0 aliphatic carbocycles. The molecular weight excluding hydrogens is 598 g/mol. The average Bonchev–Trinajstić information content (AvgIpc) is 3.34. The molecule has 2 amide bonds. The third-order valence-electron chi connectivity index (χ3n) is 8.00. The van der Waals surface area contributed by atoms with Gasteiger partial charge in [-0.1, -0.05) is 110 Å². The number of fused-ring (bicyclic) bond motifs is 1. The van der Waals surface area contributed by atoms with Gasteiger partial charge in [0.25, 0.3) is 11.8 Å². The number of nitrogens with zero attached hydrogens (tertiary/aromatic N) is 1. The minimum absolute atomic E-state index is 0.145. The van der Waals surface area contributed by atoms with Gasteiger partial charge in [-0.15, -0.1) is 0 Å². The van der Waals surface area contributed by atoms with Gasteiger partial charge in [0.2, 0.25) is 0 Å². The van der Waals surface area contributed by atoms with Crippen molar-refractivity contribution in [2.75, 3.05) is 13.2 Å². The highest BCUT2D eigenvalue weighted by Crippen LogP contribution is 2.32. The van der Waals surface area contributed by atoms with Gasteiger partial charge in [0, 0.05) is 0 Å². The molecule has 2 heterocycles. The van der Waals surface area contributed by atoms with Crippen LogP contribution < -0.4 is 0 Å². The minimum atomic E-state index is -1.10. The molecule has 47 heavy (non-hydrogen) atoms. The second-order valence-electron chi connectivity index (χ2n) is 11.3. The Hall–Kier alpha value is -5.09. The number of hydrogen-bond donors (Lipinski definition) is 0. The van der Waals surface area contributed by atoms with Gasteiger partial charge in [-0.2, -0.15) is 0 Å². The van der Waals surface area contributed by atoms with E-state index in [1.165, 1.54) is 0 Å². The summed E-state index contributed by atoms with van der Waals surface area (Å²) in [4.78, 5) is 40.1. The third-order valence-corrected chi connectivity index (χ3v) is 8.00. The molecule has 0 aromatic heterocycles. The van der Waals surface area contributed by atoms with Crippen LogP contribution in [0.2, 0.25) is 0 Å². The van der Waals surface area contributed by atoms with E-state index in [1.54, 1.807) is 24.3 Å². The normalized spacial score (nSPS) is 20.5. The molecule has 2 aliphatic heterocycles. The summed E-state index contributed by atoms with van der Waals surface area (Å²) in [5, 5.41) is 0. The number of ether oxygens (including phenoxy) is 5. The van der Waals surface area contributed by atoms with Crippen molar-refractivity contribution in [1.29, 1.82) is 0 Å². The lowest BCUT2D eigenvalue weighted by molar-refractivity contribution is -0.221. The summed E-state index contributed by atoms with van der Waals surface area (Å²) in [6.07, 6.45) is -3.37. The Kier molecular flexibility index (Phi) is 10.2. The van der Waals surface area contributed by atoms with Crippen LogP contribution in [0.15, 0.2) is 128 Å². The SMILES string of the molecule is C=C1O[C@H](COCc2ccccc2)C(OCc2ccccc2)[C@H](OCc2ccccc2)[C@H]1OC(=O)CN1C(=O)c2ccccc2C1=O. The van der Waals surface area contributed by atoms with Crippen molar-refractivity contribution in [2.45, 2.75) is 44.2 Å². The summed E-state index contributed by atoms with van der Waals surface area (Å²) < 4.78 is 31.2. The van der Waals surface area contributed by atoms with Crippen molar-refractivity contribution in [3.63, 3.8) is 0 Å². The molecule has 4 atom stereocenters. The Balaban J connectivity index is 1.23. The number of carbonyl (C=O) groups excluding carboxylic acids is 3. The zero-order chi connectivity index (χ0) is 32.6. The van der Waals surface area contributed by atoms with E-state index >= 15 is 0 Å². The van der Waals surface area contributed by atoms with Gasteiger partial charge in [-0.3, -0.25) is 19.3 Å². The molecule has 4 aromatic carbocycles. The van der Waals surface area contributed by atoms with Gasteiger partial charge in [0.15, 0.2) is 12.2 Å². The molecule has 1 saturated heterocycles. The Bertz CT molecular complexity index is 1660. The zero-order valence-corrected chi connectivity index (χ0v) is 25.7. The topological polar surface area (TPSA) is 101 Å². The Morgan fingerprint density at radius 1 is 0.660 bits per heavy atom. The molecule has 1 fully saturated rings. The summed E-state index contributed by atoms with van der Waals surface area (Å²) in [5.74, 6) is -1.79. The van der Waals surface area contributed by atoms with Gasteiger partial charge in [0.05, 0.1) is 37.6 Å². The quantitative estimate of drug-likeness (QED) is 0.141. The van der Waals surface area contributed by atoms with Gasteiger partial charge < -0.3 is 23.7 Å². The summed E-state index contributed by atoms with van der Waals surface area (Å²) in [6.45, 7) is 4.42. The summed E-state index contributed by atoms with van der Waals surface area (Å²) in [6, 6.07) is 35.5. The van der Waals surface area contributed by atoms with Crippen molar-refractivity contribution in [1.82, 2.24) is 4.90 Å². The van der Waals surface area contributed by atoms with Crippen LogP contribution in [-0.2, 0) is 48.3 Å². The van der Waals surface area contributed by atoms with Crippen molar-refractivity contribution in [3.8, 4) is 0 Å². The molecule has 6 rings (SSSR count). The smallest absolute Gasteiger partial charge is 0.327 e. The maximum atomic E-state index is 13.4. The number of imide groups is 1. The first-order valence-corrected chi connectivity index (χ1v) is 15.4.